The van der Waals surface area contributed by atoms with E-state index in [1.54, 1.807) is 12.1 Å². The van der Waals surface area contributed by atoms with Crippen molar-refractivity contribution >= 4 is 23.5 Å². The predicted molar refractivity (Wildman–Crippen MR) is 87.9 cm³/mol. The molecule has 0 heterocycles. The fraction of sp³-hybridized carbons (Fsp3) is 0.0588. The van der Waals surface area contributed by atoms with Gasteiger partial charge in [-0.05, 0) is 35.9 Å². The molecule has 0 saturated carbocycles. The number of nitriles is 2. The molecule has 0 fully saturated rings. The molecule has 2 aromatic rings. The molecule has 0 atom stereocenters. The highest BCUT2D eigenvalue weighted by atomic mass is 32.2. The zero-order chi connectivity index (χ0) is 19.3. The summed E-state index contributed by atoms with van der Waals surface area (Å²) in [6.45, 7) is 0. The number of hydrogen-bond donors (Lipinski definition) is 0. The van der Waals surface area contributed by atoms with E-state index in [1.165, 1.54) is 30.3 Å². The molecule has 2 rings (SSSR count). The molecule has 26 heavy (non-hydrogen) atoms. The number of rotatable bonds is 4. The monoisotopic (exact) mass is 375 g/mol. The van der Waals surface area contributed by atoms with E-state index >= 15 is 0 Å². The summed E-state index contributed by atoms with van der Waals surface area (Å²) in [7, 11) is 0. The topological polar surface area (TPSA) is 90.7 Å². The Kier molecular flexibility index (Phi) is 5.65. The van der Waals surface area contributed by atoms with Crippen LogP contribution in [-0.4, -0.2) is 4.92 Å². The Hall–Kier alpha value is -3.30. The molecular weight excluding hydrogens is 367 g/mol. The summed E-state index contributed by atoms with van der Waals surface area (Å²) in [4.78, 5) is 10.9. The van der Waals surface area contributed by atoms with E-state index < -0.39 is 16.7 Å². The van der Waals surface area contributed by atoms with Gasteiger partial charge in [-0.25, -0.2) is 0 Å². The summed E-state index contributed by atoms with van der Waals surface area (Å²) in [6, 6.07) is 11.7. The summed E-state index contributed by atoms with van der Waals surface area (Å²) < 4.78 is 38.3. The fourth-order valence-corrected chi connectivity index (χ4v) is 2.93. The third-order valence-corrected chi connectivity index (χ3v) is 4.18. The quantitative estimate of drug-likeness (QED) is 0.416. The van der Waals surface area contributed by atoms with Crippen molar-refractivity contribution in [2.45, 2.75) is 16.0 Å². The Labute approximate surface area is 150 Å². The normalized spacial score (nSPS) is 10.5. The third-order valence-electron chi connectivity index (χ3n) is 3.12. The number of benzene rings is 2. The van der Waals surface area contributed by atoms with Crippen LogP contribution in [0, 0.1) is 32.8 Å². The van der Waals surface area contributed by atoms with Gasteiger partial charge in [0.2, 0.25) is 0 Å². The van der Waals surface area contributed by atoms with Crippen LogP contribution in [0.4, 0.5) is 18.9 Å². The highest BCUT2D eigenvalue weighted by molar-refractivity contribution is 7.99. The molecule has 0 aliphatic rings. The Morgan fingerprint density at radius 3 is 2.42 bits per heavy atom. The molecule has 2 aromatic carbocycles. The van der Waals surface area contributed by atoms with Gasteiger partial charge in [0.25, 0.3) is 5.69 Å². The Morgan fingerprint density at radius 1 is 1.15 bits per heavy atom. The third kappa shape index (κ3) is 4.62. The van der Waals surface area contributed by atoms with Crippen molar-refractivity contribution in [3.63, 3.8) is 0 Å². The molecule has 9 heteroatoms. The summed E-state index contributed by atoms with van der Waals surface area (Å²) in [5, 5.41) is 28.7. The van der Waals surface area contributed by atoms with Gasteiger partial charge in [-0.2, -0.15) is 23.7 Å². The lowest BCUT2D eigenvalue weighted by molar-refractivity contribution is -0.387. The average Bonchev–Trinajstić information content (AvgIpc) is 2.60. The largest absolute Gasteiger partial charge is 0.416 e. The van der Waals surface area contributed by atoms with E-state index in [4.69, 9.17) is 10.5 Å². The van der Waals surface area contributed by atoms with Gasteiger partial charge >= 0.3 is 6.18 Å². The van der Waals surface area contributed by atoms with Crippen LogP contribution in [0.5, 0.6) is 0 Å². The number of nitro groups is 1. The first-order valence-electron chi connectivity index (χ1n) is 6.90. The van der Waals surface area contributed by atoms with Crippen molar-refractivity contribution in [2.24, 2.45) is 0 Å². The van der Waals surface area contributed by atoms with Crippen molar-refractivity contribution in [3.05, 3.63) is 69.3 Å². The minimum absolute atomic E-state index is 0.141. The van der Waals surface area contributed by atoms with Crippen LogP contribution in [0.2, 0.25) is 0 Å². The van der Waals surface area contributed by atoms with Crippen molar-refractivity contribution in [2.75, 3.05) is 0 Å². The van der Waals surface area contributed by atoms with Crippen molar-refractivity contribution in [1.29, 1.82) is 10.5 Å². The second-order valence-electron chi connectivity index (χ2n) is 4.89. The number of nitro benzene ring substituents is 1. The molecule has 0 amide bonds. The molecule has 0 aromatic heterocycles. The predicted octanol–water partition coefficient (Wildman–Crippen LogP) is 5.20. The average molecular weight is 375 g/mol. The maximum absolute atomic E-state index is 12.8. The van der Waals surface area contributed by atoms with Crippen LogP contribution in [0.1, 0.15) is 11.1 Å². The first-order valence-corrected chi connectivity index (χ1v) is 7.71. The first-order chi connectivity index (χ1) is 12.2. The lowest BCUT2D eigenvalue weighted by Crippen LogP contribution is -2.04. The summed E-state index contributed by atoms with van der Waals surface area (Å²) in [6.07, 6.45) is -3.33. The molecule has 130 valence electrons. The van der Waals surface area contributed by atoms with Crippen LogP contribution in [-0.2, 0) is 6.18 Å². The van der Waals surface area contributed by atoms with Crippen LogP contribution >= 0.6 is 11.8 Å². The standard InChI is InChI=1S/C17H8F3N3O2S/c18-17(19,20)13-2-1-3-14(8-13)26-16-5-4-11(6-12(9-21)10-22)7-15(16)23(24)25/h1-8H. The number of nitrogens with zero attached hydrogens (tertiary/aromatic N) is 3. The summed E-state index contributed by atoms with van der Waals surface area (Å²) in [5.41, 5.74) is -1.14. The summed E-state index contributed by atoms with van der Waals surface area (Å²) >= 11 is 0.820. The van der Waals surface area contributed by atoms with Gasteiger partial charge in [-0.15, -0.1) is 0 Å². The molecule has 0 saturated heterocycles. The SMILES string of the molecule is N#CC(C#N)=Cc1ccc(Sc2cccc(C(F)(F)F)c2)c([N+](=O)[O-])c1. The van der Waals surface area contributed by atoms with Gasteiger partial charge in [0.15, 0.2) is 0 Å². The van der Waals surface area contributed by atoms with E-state index in [0.29, 0.717) is 0 Å². The van der Waals surface area contributed by atoms with Gasteiger partial charge in [0.1, 0.15) is 17.7 Å². The number of hydrogen-bond acceptors (Lipinski definition) is 5. The number of alkyl halides is 3. The van der Waals surface area contributed by atoms with Crippen LogP contribution in [0.15, 0.2) is 57.8 Å². The number of halogens is 3. The molecule has 0 unspecified atom stereocenters. The molecular formula is C17H8F3N3O2S. The van der Waals surface area contributed by atoms with Gasteiger partial charge in [-0.1, -0.05) is 23.9 Å². The highest BCUT2D eigenvalue weighted by Crippen LogP contribution is 2.38. The zero-order valence-corrected chi connectivity index (χ0v) is 13.6. The zero-order valence-electron chi connectivity index (χ0n) is 12.8. The minimum atomic E-state index is -4.51. The number of allylic oxidation sites excluding steroid dienone is 1. The fourth-order valence-electron chi connectivity index (χ4n) is 1.97. The molecule has 0 spiro atoms. The van der Waals surface area contributed by atoms with Gasteiger partial charge in [-0.3, -0.25) is 10.1 Å². The Morgan fingerprint density at radius 2 is 1.85 bits per heavy atom. The maximum atomic E-state index is 12.8. The lowest BCUT2D eigenvalue weighted by atomic mass is 10.1. The van der Waals surface area contributed by atoms with E-state index in [2.05, 4.69) is 0 Å². The minimum Gasteiger partial charge on any atom is -0.258 e. The Balaban J connectivity index is 2.42. The van der Waals surface area contributed by atoms with E-state index in [-0.39, 0.29) is 26.6 Å². The molecule has 0 bridgehead atoms. The summed E-state index contributed by atoms with van der Waals surface area (Å²) in [5.74, 6) is 0. The second kappa shape index (κ2) is 7.72. The first kappa shape index (κ1) is 19.0. The van der Waals surface area contributed by atoms with E-state index in [0.717, 1.165) is 30.0 Å². The van der Waals surface area contributed by atoms with Crippen molar-refractivity contribution in [3.8, 4) is 12.1 Å². The lowest BCUT2D eigenvalue weighted by Gasteiger charge is -2.09. The van der Waals surface area contributed by atoms with E-state index in [9.17, 15) is 23.3 Å². The molecule has 5 nitrogen and oxygen atoms in total. The van der Waals surface area contributed by atoms with Gasteiger partial charge in [0, 0.05) is 11.0 Å². The molecule has 0 aliphatic carbocycles. The van der Waals surface area contributed by atoms with Crippen molar-refractivity contribution < 1.29 is 18.1 Å². The van der Waals surface area contributed by atoms with Crippen LogP contribution < -0.4 is 0 Å². The second-order valence-corrected chi connectivity index (χ2v) is 6.01. The Bertz CT molecular complexity index is 956. The molecule has 0 radical (unpaired) electrons. The van der Waals surface area contributed by atoms with Crippen LogP contribution in [0.3, 0.4) is 0 Å². The van der Waals surface area contributed by atoms with Crippen LogP contribution in [0.25, 0.3) is 6.08 Å². The molecule has 0 aliphatic heterocycles. The highest BCUT2D eigenvalue weighted by Gasteiger charge is 2.30. The smallest absolute Gasteiger partial charge is 0.258 e. The maximum Gasteiger partial charge on any atom is 0.416 e. The van der Waals surface area contributed by atoms with Gasteiger partial charge in [0.05, 0.1) is 15.4 Å². The molecule has 0 N–H and O–H groups in total. The van der Waals surface area contributed by atoms with E-state index in [1.807, 2.05) is 0 Å². The van der Waals surface area contributed by atoms with Crippen molar-refractivity contribution in [1.82, 2.24) is 0 Å². The van der Waals surface area contributed by atoms with Gasteiger partial charge < -0.3 is 0 Å².